The molecule has 1 aliphatic heterocycles. The van der Waals surface area contributed by atoms with Crippen molar-refractivity contribution in [1.29, 1.82) is 0 Å². The second-order valence-electron chi connectivity index (χ2n) is 4.77. The van der Waals surface area contributed by atoms with Crippen molar-refractivity contribution in [3.05, 3.63) is 34.9 Å². The Hall–Kier alpha value is -1.10. The van der Waals surface area contributed by atoms with Gasteiger partial charge in [-0.3, -0.25) is 4.79 Å². The van der Waals surface area contributed by atoms with E-state index in [2.05, 4.69) is 5.32 Å². The minimum atomic E-state index is 0.0648. The third-order valence-electron chi connectivity index (χ3n) is 3.28. The molecule has 104 valence electrons. The van der Waals surface area contributed by atoms with E-state index in [-0.39, 0.29) is 5.91 Å². The molecule has 1 amide bonds. The average molecular weight is 284 g/mol. The Morgan fingerprint density at radius 1 is 1.26 bits per heavy atom. The van der Waals surface area contributed by atoms with Crippen LogP contribution >= 0.6 is 11.6 Å². The van der Waals surface area contributed by atoms with Crippen LogP contribution in [0.2, 0.25) is 5.02 Å². The van der Waals surface area contributed by atoms with Crippen molar-refractivity contribution in [2.75, 3.05) is 39.4 Å². The van der Waals surface area contributed by atoms with E-state index in [4.69, 9.17) is 16.3 Å². The summed E-state index contributed by atoms with van der Waals surface area (Å²) in [7, 11) is 0. The fourth-order valence-corrected chi connectivity index (χ4v) is 2.26. The Bertz CT molecular complexity index is 402. The summed E-state index contributed by atoms with van der Waals surface area (Å²) < 4.78 is 5.30. The molecule has 2 rings (SSSR count). The second kappa shape index (κ2) is 7.48. The van der Waals surface area contributed by atoms with Crippen LogP contribution < -0.4 is 10.2 Å². The standard InChI is InChI=1S/C14H19ClN2O2/c15-13-3-1-12(2-4-13)11-14(18)16-5-6-17-7-9-19-10-8-17/h1-4H,5-11H2,(H,16,18)/p+1. The van der Waals surface area contributed by atoms with Gasteiger partial charge in [0.1, 0.15) is 13.1 Å². The van der Waals surface area contributed by atoms with Gasteiger partial charge in [0.25, 0.3) is 0 Å². The van der Waals surface area contributed by atoms with Crippen LogP contribution in [-0.4, -0.2) is 45.3 Å². The van der Waals surface area contributed by atoms with E-state index in [1.54, 1.807) is 0 Å². The molecule has 1 aromatic rings. The number of halogens is 1. The maximum Gasteiger partial charge on any atom is 0.224 e. The number of carbonyl (C=O) groups excluding carboxylic acids is 1. The molecule has 0 radical (unpaired) electrons. The van der Waals surface area contributed by atoms with Crippen LogP contribution in [0.15, 0.2) is 24.3 Å². The molecule has 19 heavy (non-hydrogen) atoms. The molecule has 0 spiro atoms. The second-order valence-corrected chi connectivity index (χ2v) is 5.20. The molecule has 1 heterocycles. The van der Waals surface area contributed by atoms with Gasteiger partial charge in [0.2, 0.25) is 5.91 Å². The van der Waals surface area contributed by atoms with Gasteiger partial charge < -0.3 is 15.0 Å². The zero-order valence-corrected chi connectivity index (χ0v) is 11.7. The minimum Gasteiger partial charge on any atom is -0.370 e. The number of quaternary nitrogens is 1. The number of nitrogens with one attached hydrogen (secondary N) is 2. The van der Waals surface area contributed by atoms with Crippen LogP contribution in [0.5, 0.6) is 0 Å². The van der Waals surface area contributed by atoms with E-state index in [0.29, 0.717) is 11.4 Å². The summed E-state index contributed by atoms with van der Waals surface area (Å²) in [4.78, 5) is 13.3. The minimum absolute atomic E-state index is 0.0648. The van der Waals surface area contributed by atoms with E-state index in [1.165, 1.54) is 4.90 Å². The highest BCUT2D eigenvalue weighted by atomic mass is 35.5. The molecule has 1 fully saturated rings. The summed E-state index contributed by atoms with van der Waals surface area (Å²) in [6.07, 6.45) is 0.412. The van der Waals surface area contributed by atoms with Gasteiger partial charge >= 0.3 is 0 Å². The first kappa shape index (κ1) is 14.3. The van der Waals surface area contributed by atoms with Crippen molar-refractivity contribution in [1.82, 2.24) is 5.32 Å². The van der Waals surface area contributed by atoms with Crippen molar-refractivity contribution in [3.63, 3.8) is 0 Å². The lowest BCUT2D eigenvalue weighted by Gasteiger charge is -2.23. The smallest absolute Gasteiger partial charge is 0.224 e. The SMILES string of the molecule is O=C(Cc1ccc(Cl)cc1)NCC[NH+]1CCOCC1. The third kappa shape index (κ3) is 5.19. The number of benzene rings is 1. The van der Waals surface area contributed by atoms with Crippen molar-refractivity contribution in [2.24, 2.45) is 0 Å². The summed E-state index contributed by atoms with van der Waals surface area (Å²) in [5.41, 5.74) is 0.987. The quantitative estimate of drug-likeness (QED) is 0.793. The molecule has 0 saturated carbocycles. The van der Waals surface area contributed by atoms with E-state index in [9.17, 15) is 4.79 Å². The average Bonchev–Trinajstić information content (AvgIpc) is 2.43. The number of ether oxygens (including phenoxy) is 1. The molecule has 0 bridgehead atoms. The maximum atomic E-state index is 11.8. The summed E-state index contributed by atoms with van der Waals surface area (Å²) in [6.45, 7) is 5.42. The van der Waals surface area contributed by atoms with Crippen LogP contribution in [0.4, 0.5) is 0 Å². The summed E-state index contributed by atoms with van der Waals surface area (Å²) in [5.74, 6) is 0.0648. The van der Waals surface area contributed by atoms with E-state index < -0.39 is 0 Å². The number of rotatable bonds is 5. The van der Waals surface area contributed by atoms with Crippen molar-refractivity contribution in [2.45, 2.75) is 6.42 Å². The van der Waals surface area contributed by atoms with E-state index >= 15 is 0 Å². The Balaban J connectivity index is 1.65. The number of hydrogen-bond donors (Lipinski definition) is 2. The monoisotopic (exact) mass is 283 g/mol. The topological polar surface area (TPSA) is 42.8 Å². The molecule has 5 heteroatoms. The molecule has 0 unspecified atom stereocenters. The van der Waals surface area contributed by atoms with E-state index in [0.717, 1.165) is 45.0 Å². The van der Waals surface area contributed by atoms with Crippen LogP contribution in [0.1, 0.15) is 5.56 Å². The number of morpholine rings is 1. The highest BCUT2D eigenvalue weighted by molar-refractivity contribution is 6.30. The molecular formula is C14H20ClN2O2+. The summed E-state index contributed by atoms with van der Waals surface area (Å²) in [5, 5.41) is 3.65. The fourth-order valence-electron chi connectivity index (χ4n) is 2.14. The van der Waals surface area contributed by atoms with Gasteiger partial charge in [-0.2, -0.15) is 0 Å². The fraction of sp³-hybridized carbons (Fsp3) is 0.500. The van der Waals surface area contributed by atoms with Crippen molar-refractivity contribution in [3.8, 4) is 0 Å². The predicted octanol–water partition coefficient (Wildman–Crippen LogP) is -0.0862. The molecule has 1 aliphatic rings. The lowest BCUT2D eigenvalue weighted by Crippen LogP contribution is -3.14. The first-order valence-electron chi connectivity index (χ1n) is 6.66. The van der Waals surface area contributed by atoms with Crippen LogP contribution in [0, 0.1) is 0 Å². The molecule has 0 atom stereocenters. The van der Waals surface area contributed by atoms with Gasteiger partial charge in [-0.05, 0) is 17.7 Å². The molecule has 4 nitrogen and oxygen atoms in total. The van der Waals surface area contributed by atoms with Gasteiger partial charge in [-0.25, -0.2) is 0 Å². The van der Waals surface area contributed by atoms with Crippen molar-refractivity contribution >= 4 is 17.5 Å². The predicted molar refractivity (Wildman–Crippen MR) is 74.5 cm³/mol. The molecular weight excluding hydrogens is 264 g/mol. The third-order valence-corrected chi connectivity index (χ3v) is 3.53. The largest absolute Gasteiger partial charge is 0.370 e. The van der Waals surface area contributed by atoms with Crippen LogP contribution in [-0.2, 0) is 16.0 Å². The lowest BCUT2D eigenvalue weighted by atomic mass is 10.1. The van der Waals surface area contributed by atoms with Crippen LogP contribution in [0.3, 0.4) is 0 Å². The Morgan fingerprint density at radius 3 is 2.63 bits per heavy atom. The molecule has 1 saturated heterocycles. The molecule has 1 aromatic carbocycles. The highest BCUT2D eigenvalue weighted by Gasteiger charge is 2.13. The van der Waals surface area contributed by atoms with Crippen molar-refractivity contribution < 1.29 is 14.4 Å². The summed E-state index contributed by atoms with van der Waals surface area (Å²) >= 11 is 5.80. The van der Waals surface area contributed by atoms with E-state index in [1.807, 2.05) is 24.3 Å². The number of hydrogen-bond acceptors (Lipinski definition) is 2. The zero-order chi connectivity index (χ0) is 13.5. The van der Waals surface area contributed by atoms with Crippen LogP contribution in [0.25, 0.3) is 0 Å². The Morgan fingerprint density at radius 2 is 1.95 bits per heavy atom. The number of amides is 1. The number of carbonyl (C=O) groups is 1. The van der Waals surface area contributed by atoms with Gasteiger partial charge in [0.05, 0.1) is 32.7 Å². The zero-order valence-electron chi connectivity index (χ0n) is 11.0. The first-order chi connectivity index (χ1) is 9.24. The van der Waals surface area contributed by atoms with Gasteiger partial charge in [-0.1, -0.05) is 23.7 Å². The Labute approximate surface area is 118 Å². The van der Waals surface area contributed by atoms with Gasteiger partial charge in [-0.15, -0.1) is 0 Å². The Kier molecular flexibility index (Phi) is 5.63. The first-order valence-corrected chi connectivity index (χ1v) is 7.04. The normalized spacial score (nSPS) is 16.3. The highest BCUT2D eigenvalue weighted by Crippen LogP contribution is 2.09. The van der Waals surface area contributed by atoms with Gasteiger partial charge in [0.15, 0.2) is 0 Å². The lowest BCUT2D eigenvalue weighted by molar-refractivity contribution is -0.906. The van der Waals surface area contributed by atoms with Gasteiger partial charge in [0, 0.05) is 5.02 Å². The summed E-state index contributed by atoms with van der Waals surface area (Å²) in [6, 6.07) is 7.38. The molecule has 2 N–H and O–H groups in total. The maximum absolute atomic E-state index is 11.8. The molecule has 0 aromatic heterocycles. The molecule has 0 aliphatic carbocycles.